The molecule has 1 unspecified atom stereocenters. The highest BCUT2D eigenvalue weighted by atomic mass is 16.5. The van der Waals surface area contributed by atoms with E-state index in [0.717, 1.165) is 5.76 Å². The molecule has 2 rings (SSSR count). The summed E-state index contributed by atoms with van der Waals surface area (Å²) in [6.45, 7) is 1.92. The van der Waals surface area contributed by atoms with Crippen LogP contribution in [0.2, 0.25) is 0 Å². The highest BCUT2D eigenvalue weighted by molar-refractivity contribution is 5.99. The molecule has 0 spiro atoms. The maximum absolute atomic E-state index is 12.4. The number of ether oxygens (including phenoxy) is 2. The molecule has 0 saturated carbocycles. The lowest BCUT2D eigenvalue weighted by Gasteiger charge is -2.16. The van der Waals surface area contributed by atoms with Gasteiger partial charge in [-0.2, -0.15) is 0 Å². The zero-order chi connectivity index (χ0) is 15.2. The van der Waals surface area contributed by atoms with E-state index in [9.17, 15) is 4.79 Å². The fourth-order valence-electron chi connectivity index (χ4n) is 2.15. The molecule has 112 valence electrons. The van der Waals surface area contributed by atoms with Crippen molar-refractivity contribution in [1.29, 1.82) is 0 Å². The third-order valence-electron chi connectivity index (χ3n) is 3.12. The van der Waals surface area contributed by atoms with E-state index in [1.54, 1.807) is 24.5 Å². The first kappa shape index (κ1) is 15.0. The van der Waals surface area contributed by atoms with Gasteiger partial charge in [-0.1, -0.05) is 6.07 Å². The molecule has 0 fully saturated rings. The van der Waals surface area contributed by atoms with Crippen molar-refractivity contribution in [2.75, 3.05) is 14.2 Å². The topological polar surface area (TPSA) is 60.7 Å². The third kappa shape index (κ3) is 3.56. The number of nitrogens with one attached hydrogen (secondary N) is 1. The number of carbonyl (C=O) groups is 1. The number of amides is 1. The molecule has 0 radical (unpaired) electrons. The highest BCUT2D eigenvalue weighted by Gasteiger charge is 2.20. The minimum atomic E-state index is -0.233. The summed E-state index contributed by atoms with van der Waals surface area (Å²) in [6, 6.07) is 8.88. The van der Waals surface area contributed by atoms with Crippen molar-refractivity contribution in [2.45, 2.75) is 19.4 Å². The van der Waals surface area contributed by atoms with Crippen LogP contribution in [0.25, 0.3) is 0 Å². The van der Waals surface area contributed by atoms with Gasteiger partial charge in [0.1, 0.15) is 22.8 Å². The normalized spacial score (nSPS) is 11.8. The number of rotatable bonds is 6. The van der Waals surface area contributed by atoms with E-state index in [0.29, 0.717) is 23.5 Å². The van der Waals surface area contributed by atoms with E-state index in [1.807, 2.05) is 19.1 Å². The molecule has 1 aromatic carbocycles. The minimum absolute atomic E-state index is 0.0710. The summed E-state index contributed by atoms with van der Waals surface area (Å²) in [7, 11) is 3.05. The Labute approximate surface area is 123 Å². The smallest absolute Gasteiger partial charge is 0.259 e. The zero-order valence-corrected chi connectivity index (χ0v) is 12.4. The van der Waals surface area contributed by atoms with Crippen molar-refractivity contribution in [2.24, 2.45) is 0 Å². The van der Waals surface area contributed by atoms with Crippen molar-refractivity contribution >= 4 is 5.91 Å². The van der Waals surface area contributed by atoms with Crippen molar-refractivity contribution in [3.8, 4) is 11.5 Å². The molecular weight excluding hydrogens is 270 g/mol. The van der Waals surface area contributed by atoms with E-state index in [1.165, 1.54) is 14.2 Å². The van der Waals surface area contributed by atoms with Crippen LogP contribution in [0.5, 0.6) is 11.5 Å². The van der Waals surface area contributed by atoms with Gasteiger partial charge in [-0.15, -0.1) is 0 Å². The predicted molar refractivity (Wildman–Crippen MR) is 78.9 cm³/mol. The summed E-state index contributed by atoms with van der Waals surface area (Å²) in [6.07, 6.45) is 2.24. The lowest BCUT2D eigenvalue weighted by molar-refractivity contribution is 0.0933. The van der Waals surface area contributed by atoms with E-state index < -0.39 is 0 Å². The van der Waals surface area contributed by atoms with Crippen LogP contribution < -0.4 is 14.8 Å². The monoisotopic (exact) mass is 289 g/mol. The summed E-state index contributed by atoms with van der Waals surface area (Å²) in [5, 5.41) is 2.92. The standard InChI is InChI=1S/C16H19NO4/c1-11(10-12-6-5-9-21-12)17-16(18)15-13(19-2)7-4-8-14(15)20-3/h4-9,11H,10H2,1-3H3,(H,17,18). The molecule has 1 atom stereocenters. The lowest BCUT2D eigenvalue weighted by Crippen LogP contribution is -2.34. The summed E-state index contributed by atoms with van der Waals surface area (Å²) in [4.78, 5) is 12.4. The van der Waals surface area contributed by atoms with Crippen LogP contribution in [0.15, 0.2) is 41.0 Å². The van der Waals surface area contributed by atoms with Crippen molar-refractivity contribution < 1.29 is 18.7 Å². The molecule has 1 amide bonds. The number of benzene rings is 1. The second kappa shape index (κ2) is 6.83. The Balaban J connectivity index is 2.12. The molecule has 0 aliphatic heterocycles. The Kier molecular flexibility index (Phi) is 4.87. The quantitative estimate of drug-likeness (QED) is 0.888. The zero-order valence-electron chi connectivity index (χ0n) is 12.4. The molecule has 1 N–H and O–H groups in total. The molecular formula is C16H19NO4. The van der Waals surface area contributed by atoms with Crippen LogP contribution in [0.1, 0.15) is 23.0 Å². The molecule has 2 aromatic rings. The maximum Gasteiger partial charge on any atom is 0.259 e. The summed E-state index contributed by atoms with van der Waals surface area (Å²) < 4.78 is 15.8. The predicted octanol–water partition coefficient (Wildman–Crippen LogP) is 2.66. The van der Waals surface area contributed by atoms with E-state index >= 15 is 0 Å². The van der Waals surface area contributed by atoms with Crippen LogP contribution in [-0.4, -0.2) is 26.2 Å². The maximum atomic E-state index is 12.4. The second-order valence-corrected chi connectivity index (χ2v) is 4.70. The summed E-state index contributed by atoms with van der Waals surface area (Å²) in [5.41, 5.74) is 0.397. The van der Waals surface area contributed by atoms with Gasteiger partial charge in [0.25, 0.3) is 5.91 Å². The molecule has 0 aliphatic rings. The van der Waals surface area contributed by atoms with Crippen LogP contribution in [0, 0.1) is 0 Å². The second-order valence-electron chi connectivity index (χ2n) is 4.70. The fourth-order valence-corrected chi connectivity index (χ4v) is 2.15. The molecule has 0 saturated heterocycles. The number of hydrogen-bond acceptors (Lipinski definition) is 4. The molecule has 1 heterocycles. The van der Waals surface area contributed by atoms with Gasteiger partial charge in [-0.05, 0) is 31.2 Å². The van der Waals surface area contributed by atoms with Crippen LogP contribution in [0.4, 0.5) is 0 Å². The van der Waals surface area contributed by atoms with Gasteiger partial charge in [0.15, 0.2) is 0 Å². The average molecular weight is 289 g/mol. The van der Waals surface area contributed by atoms with E-state index in [4.69, 9.17) is 13.9 Å². The summed E-state index contributed by atoms with van der Waals surface area (Å²) >= 11 is 0. The third-order valence-corrected chi connectivity index (χ3v) is 3.12. The van der Waals surface area contributed by atoms with Gasteiger partial charge in [0, 0.05) is 12.5 Å². The molecule has 1 aromatic heterocycles. The van der Waals surface area contributed by atoms with Gasteiger partial charge >= 0.3 is 0 Å². The number of furan rings is 1. The van der Waals surface area contributed by atoms with E-state index in [-0.39, 0.29) is 11.9 Å². The van der Waals surface area contributed by atoms with Crippen molar-refractivity contribution in [3.63, 3.8) is 0 Å². The lowest BCUT2D eigenvalue weighted by atomic mass is 10.1. The van der Waals surface area contributed by atoms with Crippen LogP contribution >= 0.6 is 0 Å². The number of hydrogen-bond donors (Lipinski definition) is 1. The van der Waals surface area contributed by atoms with Gasteiger partial charge in [-0.3, -0.25) is 4.79 Å². The average Bonchev–Trinajstić information content (AvgIpc) is 2.98. The van der Waals surface area contributed by atoms with Gasteiger partial charge in [0.05, 0.1) is 20.5 Å². The first-order valence-corrected chi connectivity index (χ1v) is 6.70. The highest BCUT2D eigenvalue weighted by Crippen LogP contribution is 2.28. The molecule has 5 heteroatoms. The van der Waals surface area contributed by atoms with Crippen molar-refractivity contribution in [1.82, 2.24) is 5.32 Å². The first-order valence-electron chi connectivity index (χ1n) is 6.70. The molecule has 5 nitrogen and oxygen atoms in total. The number of methoxy groups -OCH3 is 2. The fraction of sp³-hybridized carbons (Fsp3) is 0.312. The Hall–Kier alpha value is -2.43. The first-order chi connectivity index (χ1) is 10.2. The van der Waals surface area contributed by atoms with Crippen LogP contribution in [-0.2, 0) is 6.42 Å². The molecule has 0 bridgehead atoms. The van der Waals surface area contributed by atoms with E-state index in [2.05, 4.69) is 5.32 Å². The van der Waals surface area contributed by atoms with Gasteiger partial charge in [0.2, 0.25) is 0 Å². The molecule has 21 heavy (non-hydrogen) atoms. The minimum Gasteiger partial charge on any atom is -0.496 e. The van der Waals surface area contributed by atoms with Crippen LogP contribution in [0.3, 0.4) is 0 Å². The molecule has 0 aliphatic carbocycles. The Morgan fingerprint density at radius 3 is 2.38 bits per heavy atom. The summed E-state index contributed by atoms with van der Waals surface area (Å²) in [5.74, 6) is 1.56. The van der Waals surface area contributed by atoms with Gasteiger partial charge in [-0.25, -0.2) is 0 Å². The number of carbonyl (C=O) groups excluding carboxylic acids is 1. The Morgan fingerprint density at radius 2 is 1.86 bits per heavy atom. The van der Waals surface area contributed by atoms with Gasteiger partial charge < -0.3 is 19.2 Å². The SMILES string of the molecule is COc1cccc(OC)c1C(=O)NC(C)Cc1ccco1. The Bertz CT molecular complexity index is 570. The largest absolute Gasteiger partial charge is 0.496 e. The van der Waals surface area contributed by atoms with Crippen molar-refractivity contribution in [3.05, 3.63) is 47.9 Å². The Morgan fingerprint density at radius 1 is 1.19 bits per heavy atom.